The highest BCUT2D eigenvalue weighted by Crippen LogP contribution is 2.26. The van der Waals surface area contributed by atoms with E-state index in [0.717, 1.165) is 30.9 Å². The van der Waals surface area contributed by atoms with Crippen molar-refractivity contribution in [1.82, 2.24) is 24.8 Å². The van der Waals surface area contributed by atoms with E-state index in [1.807, 2.05) is 17.9 Å². The van der Waals surface area contributed by atoms with Crippen molar-refractivity contribution in [3.05, 3.63) is 36.2 Å². The Labute approximate surface area is 146 Å². The molecule has 8 heteroatoms. The number of rotatable bonds is 5. The summed E-state index contributed by atoms with van der Waals surface area (Å²) in [6, 6.07) is 1.87. The standard InChI is InChI=1S/C17H22N6O2/c1-12-8-14(21-15-9-18-5-6-19-15)22-17(20-12)13-4-3-7-23(10-13)16(24)11-25-2/h5-6,8-9,13H,3-4,7,10-11H2,1-2H3,(H,19,20,21,22). The summed E-state index contributed by atoms with van der Waals surface area (Å²) in [5, 5.41) is 3.15. The number of amides is 1. The minimum Gasteiger partial charge on any atom is -0.375 e. The summed E-state index contributed by atoms with van der Waals surface area (Å²) >= 11 is 0. The Morgan fingerprint density at radius 1 is 1.36 bits per heavy atom. The fraction of sp³-hybridized carbons (Fsp3) is 0.471. The van der Waals surface area contributed by atoms with Crippen molar-refractivity contribution < 1.29 is 9.53 Å². The van der Waals surface area contributed by atoms with Gasteiger partial charge in [-0.05, 0) is 19.8 Å². The van der Waals surface area contributed by atoms with E-state index in [2.05, 4.69) is 25.3 Å². The van der Waals surface area contributed by atoms with Gasteiger partial charge in [0, 0.05) is 50.3 Å². The summed E-state index contributed by atoms with van der Waals surface area (Å²) in [5.41, 5.74) is 0.872. The molecule has 132 valence electrons. The summed E-state index contributed by atoms with van der Waals surface area (Å²) in [6.45, 7) is 3.43. The molecule has 1 fully saturated rings. The van der Waals surface area contributed by atoms with E-state index in [9.17, 15) is 4.79 Å². The van der Waals surface area contributed by atoms with Gasteiger partial charge < -0.3 is 15.0 Å². The molecule has 1 amide bonds. The van der Waals surface area contributed by atoms with Crippen LogP contribution in [0.2, 0.25) is 0 Å². The van der Waals surface area contributed by atoms with Crippen LogP contribution < -0.4 is 5.32 Å². The molecule has 8 nitrogen and oxygen atoms in total. The third-order valence-electron chi connectivity index (χ3n) is 4.10. The molecule has 1 atom stereocenters. The number of carbonyl (C=O) groups excluding carboxylic acids is 1. The zero-order valence-electron chi connectivity index (χ0n) is 14.5. The molecule has 3 rings (SSSR count). The van der Waals surface area contributed by atoms with Crippen LogP contribution in [0.15, 0.2) is 24.7 Å². The van der Waals surface area contributed by atoms with Crippen LogP contribution in [-0.2, 0) is 9.53 Å². The number of hydrogen-bond donors (Lipinski definition) is 1. The van der Waals surface area contributed by atoms with E-state index in [4.69, 9.17) is 4.74 Å². The first-order chi connectivity index (χ1) is 12.2. The fourth-order valence-electron chi connectivity index (χ4n) is 2.96. The van der Waals surface area contributed by atoms with Crippen LogP contribution in [-0.4, -0.2) is 57.5 Å². The number of anilines is 2. The van der Waals surface area contributed by atoms with E-state index in [1.165, 1.54) is 7.11 Å². The fourth-order valence-corrected chi connectivity index (χ4v) is 2.96. The lowest BCUT2D eigenvalue weighted by molar-refractivity contribution is -0.136. The van der Waals surface area contributed by atoms with E-state index < -0.39 is 0 Å². The van der Waals surface area contributed by atoms with Gasteiger partial charge in [0.2, 0.25) is 5.91 Å². The van der Waals surface area contributed by atoms with Crippen LogP contribution in [0, 0.1) is 6.92 Å². The number of likely N-dealkylation sites (tertiary alicyclic amines) is 1. The number of ether oxygens (including phenoxy) is 1. The Kier molecular flexibility index (Phi) is 5.49. The van der Waals surface area contributed by atoms with Crippen LogP contribution in [0.3, 0.4) is 0 Å². The molecule has 1 aliphatic rings. The number of nitrogens with one attached hydrogen (secondary N) is 1. The summed E-state index contributed by atoms with van der Waals surface area (Å²) in [7, 11) is 1.54. The topological polar surface area (TPSA) is 93.1 Å². The second-order valence-electron chi connectivity index (χ2n) is 6.08. The number of hydrogen-bond acceptors (Lipinski definition) is 7. The van der Waals surface area contributed by atoms with Gasteiger partial charge >= 0.3 is 0 Å². The maximum absolute atomic E-state index is 12.1. The molecule has 1 saturated heterocycles. The van der Waals surface area contributed by atoms with Crippen LogP contribution in [0.5, 0.6) is 0 Å². The summed E-state index contributed by atoms with van der Waals surface area (Å²) < 4.78 is 4.96. The Bertz CT molecular complexity index is 724. The van der Waals surface area contributed by atoms with Gasteiger partial charge in [0.15, 0.2) is 0 Å². The highest BCUT2D eigenvalue weighted by Gasteiger charge is 2.26. The van der Waals surface area contributed by atoms with Gasteiger partial charge in [-0.2, -0.15) is 0 Å². The van der Waals surface area contributed by atoms with Gasteiger partial charge in [0.25, 0.3) is 0 Å². The first-order valence-corrected chi connectivity index (χ1v) is 8.31. The van der Waals surface area contributed by atoms with Crippen LogP contribution in [0.25, 0.3) is 0 Å². The summed E-state index contributed by atoms with van der Waals surface area (Å²) in [5.74, 6) is 2.20. The lowest BCUT2D eigenvalue weighted by atomic mass is 9.97. The molecule has 3 heterocycles. The van der Waals surface area contributed by atoms with Crippen LogP contribution in [0.1, 0.15) is 30.3 Å². The molecule has 0 aliphatic carbocycles. The number of aromatic nitrogens is 4. The van der Waals surface area contributed by atoms with E-state index in [-0.39, 0.29) is 18.4 Å². The van der Waals surface area contributed by atoms with Gasteiger partial charge in [0.05, 0.1) is 6.20 Å². The number of piperidine rings is 1. The van der Waals surface area contributed by atoms with E-state index >= 15 is 0 Å². The second-order valence-corrected chi connectivity index (χ2v) is 6.08. The number of nitrogens with zero attached hydrogens (tertiary/aromatic N) is 5. The molecule has 1 N–H and O–H groups in total. The lowest BCUT2D eigenvalue weighted by Crippen LogP contribution is -2.41. The van der Waals surface area contributed by atoms with Gasteiger partial charge in [-0.3, -0.25) is 9.78 Å². The van der Waals surface area contributed by atoms with Gasteiger partial charge in [-0.1, -0.05) is 0 Å². The van der Waals surface area contributed by atoms with Gasteiger partial charge in [0.1, 0.15) is 24.1 Å². The quantitative estimate of drug-likeness (QED) is 0.883. The predicted octanol–water partition coefficient (Wildman–Crippen LogP) is 1.67. The third kappa shape index (κ3) is 4.48. The van der Waals surface area contributed by atoms with Crippen LogP contribution >= 0.6 is 0 Å². The van der Waals surface area contributed by atoms with Gasteiger partial charge in [-0.15, -0.1) is 0 Å². The Hall–Kier alpha value is -2.61. The normalized spacial score (nSPS) is 17.4. The predicted molar refractivity (Wildman–Crippen MR) is 92.5 cm³/mol. The monoisotopic (exact) mass is 342 g/mol. The van der Waals surface area contributed by atoms with Crippen molar-refractivity contribution >= 4 is 17.5 Å². The van der Waals surface area contributed by atoms with Crippen molar-refractivity contribution in [1.29, 1.82) is 0 Å². The molecule has 0 radical (unpaired) electrons. The molecule has 0 bridgehead atoms. The highest BCUT2D eigenvalue weighted by molar-refractivity contribution is 5.77. The first kappa shape index (κ1) is 17.2. The molecule has 0 aromatic carbocycles. The van der Waals surface area contributed by atoms with E-state index in [0.29, 0.717) is 18.2 Å². The molecule has 25 heavy (non-hydrogen) atoms. The summed E-state index contributed by atoms with van der Waals surface area (Å²) in [4.78, 5) is 31.4. The lowest BCUT2D eigenvalue weighted by Gasteiger charge is -2.32. The number of aryl methyl sites for hydroxylation is 1. The minimum atomic E-state index is 0.0118. The molecule has 1 unspecified atom stereocenters. The van der Waals surface area contributed by atoms with E-state index in [1.54, 1.807) is 18.6 Å². The average Bonchev–Trinajstić information content (AvgIpc) is 2.62. The zero-order valence-corrected chi connectivity index (χ0v) is 14.5. The maximum Gasteiger partial charge on any atom is 0.248 e. The first-order valence-electron chi connectivity index (χ1n) is 8.31. The average molecular weight is 342 g/mol. The molecular formula is C17H22N6O2. The maximum atomic E-state index is 12.1. The Morgan fingerprint density at radius 3 is 3.00 bits per heavy atom. The SMILES string of the molecule is COCC(=O)N1CCCC(c2nc(C)cc(Nc3cnccn3)n2)C1. The minimum absolute atomic E-state index is 0.0118. The molecule has 2 aromatic heterocycles. The van der Waals surface area contributed by atoms with Crippen molar-refractivity contribution in [2.24, 2.45) is 0 Å². The van der Waals surface area contributed by atoms with Gasteiger partial charge in [-0.25, -0.2) is 15.0 Å². The zero-order chi connectivity index (χ0) is 17.6. The number of carbonyl (C=O) groups is 1. The highest BCUT2D eigenvalue weighted by atomic mass is 16.5. The Morgan fingerprint density at radius 2 is 2.24 bits per heavy atom. The molecule has 0 saturated carbocycles. The van der Waals surface area contributed by atoms with Crippen molar-refractivity contribution in [3.8, 4) is 0 Å². The smallest absolute Gasteiger partial charge is 0.248 e. The van der Waals surface area contributed by atoms with Crippen molar-refractivity contribution in [3.63, 3.8) is 0 Å². The second kappa shape index (κ2) is 7.98. The third-order valence-corrected chi connectivity index (χ3v) is 4.10. The molecule has 2 aromatic rings. The molecule has 0 spiro atoms. The van der Waals surface area contributed by atoms with Crippen molar-refractivity contribution in [2.45, 2.75) is 25.7 Å². The van der Waals surface area contributed by atoms with Crippen LogP contribution in [0.4, 0.5) is 11.6 Å². The molecular weight excluding hydrogens is 320 g/mol. The number of methoxy groups -OCH3 is 1. The summed E-state index contributed by atoms with van der Waals surface area (Å²) in [6.07, 6.45) is 6.78. The van der Waals surface area contributed by atoms with Crippen molar-refractivity contribution in [2.75, 3.05) is 32.1 Å². The largest absolute Gasteiger partial charge is 0.375 e. The molecule has 1 aliphatic heterocycles. The Balaban J connectivity index is 1.76.